The van der Waals surface area contributed by atoms with Crippen LogP contribution >= 0.6 is 15.9 Å². The topological polar surface area (TPSA) is 49.4 Å². The maximum Gasteiger partial charge on any atom is 0.240 e. The summed E-state index contributed by atoms with van der Waals surface area (Å²) >= 11 is 3.40. The number of hydrazone groups is 1. The average molecular weight is 292 g/mol. The third-order valence-electron chi connectivity index (χ3n) is 2.51. The summed E-state index contributed by atoms with van der Waals surface area (Å²) in [5.41, 5.74) is 4.86. The number of aromatic nitrogens is 1. The van der Waals surface area contributed by atoms with Gasteiger partial charge in [-0.3, -0.25) is 5.43 Å². The second-order valence-corrected chi connectivity index (χ2v) is 4.59. The fraction of sp³-hybridized carbons (Fsp3) is 0.0833. The second-order valence-electron chi connectivity index (χ2n) is 3.68. The number of benzene rings is 1. The normalized spacial score (nSPS) is 18.4. The van der Waals surface area contributed by atoms with Gasteiger partial charge in [-0.1, -0.05) is 15.9 Å². The SMILES string of the molecule is Brc1ccc(C2=NNC(c3ccc[nH]3)O2)cc1. The molecule has 0 saturated carbocycles. The van der Waals surface area contributed by atoms with Crippen LogP contribution in [0.25, 0.3) is 0 Å². The average Bonchev–Trinajstić information content (AvgIpc) is 3.00. The standard InChI is InChI=1S/C12H10BrN3O/c13-9-5-3-8(4-6-9)11-15-16-12(17-11)10-2-1-7-14-10/h1-7,12,14,16H. The number of rotatable bonds is 2. The Hall–Kier alpha value is -1.75. The van der Waals surface area contributed by atoms with E-state index < -0.39 is 0 Å². The molecule has 1 atom stereocenters. The van der Waals surface area contributed by atoms with Crippen LogP contribution in [-0.2, 0) is 4.74 Å². The summed E-state index contributed by atoms with van der Waals surface area (Å²) in [5.74, 6) is 0.608. The molecule has 1 aliphatic heterocycles. The van der Waals surface area contributed by atoms with Crippen molar-refractivity contribution in [3.63, 3.8) is 0 Å². The van der Waals surface area contributed by atoms with Crippen molar-refractivity contribution in [2.24, 2.45) is 5.10 Å². The number of ether oxygens (including phenoxy) is 1. The molecule has 1 aromatic carbocycles. The molecule has 0 radical (unpaired) electrons. The van der Waals surface area contributed by atoms with Crippen LogP contribution in [0.4, 0.5) is 0 Å². The maximum absolute atomic E-state index is 5.72. The highest BCUT2D eigenvalue weighted by atomic mass is 79.9. The van der Waals surface area contributed by atoms with Gasteiger partial charge in [0.05, 0.1) is 5.69 Å². The third-order valence-corrected chi connectivity index (χ3v) is 3.04. The molecule has 1 unspecified atom stereocenters. The van der Waals surface area contributed by atoms with Gasteiger partial charge in [-0.25, -0.2) is 0 Å². The van der Waals surface area contributed by atoms with Crippen molar-refractivity contribution >= 4 is 21.8 Å². The Morgan fingerprint density at radius 3 is 2.71 bits per heavy atom. The van der Waals surface area contributed by atoms with E-state index in [4.69, 9.17) is 4.74 Å². The fourth-order valence-electron chi connectivity index (χ4n) is 1.65. The lowest BCUT2D eigenvalue weighted by Crippen LogP contribution is -2.12. The number of nitrogens with one attached hydrogen (secondary N) is 2. The number of aromatic amines is 1. The first-order valence-electron chi connectivity index (χ1n) is 5.22. The van der Waals surface area contributed by atoms with Crippen LogP contribution in [0.3, 0.4) is 0 Å². The Labute approximate surface area is 107 Å². The Morgan fingerprint density at radius 1 is 1.18 bits per heavy atom. The molecule has 3 rings (SSSR count). The summed E-state index contributed by atoms with van der Waals surface area (Å²) < 4.78 is 6.76. The highest BCUT2D eigenvalue weighted by Crippen LogP contribution is 2.21. The molecule has 0 spiro atoms. The smallest absolute Gasteiger partial charge is 0.240 e. The Kier molecular flexibility index (Phi) is 2.60. The highest BCUT2D eigenvalue weighted by Gasteiger charge is 2.22. The van der Waals surface area contributed by atoms with E-state index >= 15 is 0 Å². The highest BCUT2D eigenvalue weighted by molar-refractivity contribution is 9.10. The largest absolute Gasteiger partial charge is 0.445 e. The van der Waals surface area contributed by atoms with E-state index in [1.165, 1.54) is 0 Å². The minimum absolute atomic E-state index is 0.233. The first-order valence-corrected chi connectivity index (χ1v) is 6.01. The van der Waals surface area contributed by atoms with Crippen molar-refractivity contribution in [1.82, 2.24) is 10.4 Å². The van der Waals surface area contributed by atoms with Gasteiger partial charge in [-0.05, 0) is 36.4 Å². The zero-order valence-corrected chi connectivity index (χ0v) is 10.4. The molecule has 2 aromatic rings. The number of hydrogen-bond donors (Lipinski definition) is 2. The predicted octanol–water partition coefficient (Wildman–Crippen LogP) is 2.76. The molecular weight excluding hydrogens is 282 g/mol. The lowest BCUT2D eigenvalue weighted by molar-refractivity contribution is 0.187. The van der Waals surface area contributed by atoms with E-state index in [9.17, 15) is 0 Å². The Morgan fingerprint density at radius 2 is 2.00 bits per heavy atom. The zero-order valence-electron chi connectivity index (χ0n) is 8.85. The van der Waals surface area contributed by atoms with Gasteiger partial charge < -0.3 is 9.72 Å². The van der Waals surface area contributed by atoms with Crippen molar-refractivity contribution in [3.05, 3.63) is 58.3 Å². The van der Waals surface area contributed by atoms with Gasteiger partial charge in [0.1, 0.15) is 0 Å². The first-order chi connectivity index (χ1) is 8.33. The van der Waals surface area contributed by atoms with Gasteiger partial charge in [0, 0.05) is 16.2 Å². The number of halogens is 1. The van der Waals surface area contributed by atoms with Gasteiger partial charge >= 0.3 is 0 Å². The van der Waals surface area contributed by atoms with E-state index in [1.807, 2.05) is 42.6 Å². The number of nitrogens with zero attached hydrogens (tertiary/aromatic N) is 1. The van der Waals surface area contributed by atoms with Crippen LogP contribution in [-0.4, -0.2) is 10.9 Å². The van der Waals surface area contributed by atoms with E-state index in [0.29, 0.717) is 5.90 Å². The van der Waals surface area contributed by atoms with E-state index in [2.05, 4.69) is 31.4 Å². The Bertz CT molecular complexity index is 533. The van der Waals surface area contributed by atoms with Crippen LogP contribution in [0.1, 0.15) is 17.5 Å². The molecule has 4 nitrogen and oxygen atoms in total. The van der Waals surface area contributed by atoms with Crippen LogP contribution in [0.5, 0.6) is 0 Å². The molecule has 0 bridgehead atoms. The quantitative estimate of drug-likeness (QED) is 0.894. The van der Waals surface area contributed by atoms with E-state index in [1.54, 1.807) is 0 Å². The molecule has 0 aliphatic carbocycles. The van der Waals surface area contributed by atoms with Crippen molar-refractivity contribution in [2.75, 3.05) is 0 Å². The van der Waals surface area contributed by atoms with Gasteiger partial charge in [0.15, 0.2) is 0 Å². The summed E-state index contributed by atoms with van der Waals surface area (Å²) in [4.78, 5) is 3.09. The minimum Gasteiger partial charge on any atom is -0.445 e. The summed E-state index contributed by atoms with van der Waals surface area (Å²) in [6.45, 7) is 0. The van der Waals surface area contributed by atoms with Gasteiger partial charge in [0.25, 0.3) is 0 Å². The Balaban J connectivity index is 1.77. The maximum atomic E-state index is 5.72. The molecule has 5 heteroatoms. The van der Waals surface area contributed by atoms with E-state index in [-0.39, 0.29) is 6.23 Å². The van der Waals surface area contributed by atoms with Gasteiger partial charge in [0.2, 0.25) is 12.1 Å². The zero-order chi connectivity index (χ0) is 11.7. The third kappa shape index (κ3) is 2.06. The van der Waals surface area contributed by atoms with Crippen LogP contribution < -0.4 is 5.43 Å². The van der Waals surface area contributed by atoms with Gasteiger partial charge in [-0.2, -0.15) is 0 Å². The van der Waals surface area contributed by atoms with Crippen LogP contribution in [0.2, 0.25) is 0 Å². The first kappa shape index (κ1) is 10.4. The molecule has 1 aromatic heterocycles. The van der Waals surface area contributed by atoms with Crippen molar-refractivity contribution in [2.45, 2.75) is 6.23 Å². The molecule has 0 fully saturated rings. The molecule has 0 amide bonds. The molecule has 2 heterocycles. The molecule has 1 aliphatic rings. The van der Waals surface area contributed by atoms with E-state index in [0.717, 1.165) is 15.7 Å². The number of H-pyrrole nitrogens is 1. The van der Waals surface area contributed by atoms with Crippen LogP contribution in [0, 0.1) is 0 Å². The monoisotopic (exact) mass is 291 g/mol. The lowest BCUT2D eigenvalue weighted by atomic mass is 10.2. The number of hydrogen-bond acceptors (Lipinski definition) is 3. The molecule has 0 saturated heterocycles. The molecular formula is C12H10BrN3O. The molecule has 2 N–H and O–H groups in total. The van der Waals surface area contributed by atoms with Gasteiger partial charge in [-0.15, -0.1) is 5.10 Å². The fourth-order valence-corrected chi connectivity index (χ4v) is 1.91. The summed E-state index contributed by atoms with van der Waals surface area (Å²) in [7, 11) is 0. The predicted molar refractivity (Wildman–Crippen MR) is 68.4 cm³/mol. The summed E-state index contributed by atoms with van der Waals surface area (Å²) in [6.07, 6.45) is 1.63. The van der Waals surface area contributed by atoms with Crippen molar-refractivity contribution in [1.29, 1.82) is 0 Å². The van der Waals surface area contributed by atoms with Crippen molar-refractivity contribution < 1.29 is 4.74 Å². The summed E-state index contributed by atoms with van der Waals surface area (Å²) in [5, 5.41) is 4.18. The molecule has 17 heavy (non-hydrogen) atoms. The lowest BCUT2D eigenvalue weighted by Gasteiger charge is -2.09. The molecule has 86 valence electrons. The van der Waals surface area contributed by atoms with Crippen molar-refractivity contribution in [3.8, 4) is 0 Å². The van der Waals surface area contributed by atoms with Crippen LogP contribution in [0.15, 0.2) is 52.2 Å². The minimum atomic E-state index is -0.233. The second kappa shape index (κ2) is 4.25. The summed E-state index contributed by atoms with van der Waals surface area (Å²) in [6, 6.07) is 11.7.